The van der Waals surface area contributed by atoms with Gasteiger partial charge in [-0.25, -0.2) is 13.2 Å². The van der Waals surface area contributed by atoms with E-state index in [2.05, 4.69) is 10.2 Å². The van der Waals surface area contributed by atoms with Crippen LogP contribution < -0.4 is 0 Å². The van der Waals surface area contributed by atoms with E-state index in [9.17, 15) is 13.2 Å². The monoisotopic (exact) mass is 273 g/mol. The normalized spacial score (nSPS) is 11.2. The highest BCUT2D eigenvalue weighted by Gasteiger charge is 2.20. The maximum absolute atomic E-state index is 13.7. The first kappa shape index (κ1) is 12.8. The first-order valence-electron chi connectivity index (χ1n) is 5.23. The number of nitrogens with zero attached hydrogens (tertiary/aromatic N) is 2. The van der Waals surface area contributed by atoms with Gasteiger partial charge < -0.3 is 0 Å². The molecule has 0 bridgehead atoms. The van der Waals surface area contributed by atoms with Crippen molar-refractivity contribution in [1.29, 1.82) is 0 Å². The van der Waals surface area contributed by atoms with Gasteiger partial charge in [-0.15, -0.1) is 0 Å². The lowest BCUT2D eigenvalue weighted by Crippen LogP contribution is -2.06. The summed E-state index contributed by atoms with van der Waals surface area (Å²) in [7, 11) is 0. The Kier molecular flexibility index (Phi) is 3.25. The van der Waals surface area contributed by atoms with Crippen LogP contribution in [-0.2, 0) is 0 Å². The Hall–Kier alpha value is -1.63. The van der Waals surface area contributed by atoms with Crippen LogP contribution in [0.2, 0.25) is 0 Å². The van der Waals surface area contributed by atoms with Gasteiger partial charge in [0.15, 0.2) is 10.6 Å². The van der Waals surface area contributed by atoms with Crippen LogP contribution in [0.5, 0.6) is 0 Å². The third-order valence-corrected chi connectivity index (χ3v) is 2.74. The van der Waals surface area contributed by atoms with Crippen LogP contribution in [0, 0.1) is 22.2 Å². The molecule has 0 saturated heterocycles. The van der Waals surface area contributed by atoms with Crippen molar-refractivity contribution in [1.82, 2.24) is 14.8 Å². The maximum atomic E-state index is 13.7. The minimum Gasteiger partial charge on any atom is -0.297 e. The van der Waals surface area contributed by atoms with Gasteiger partial charge in [-0.3, -0.25) is 9.67 Å². The number of halogens is 3. The van der Waals surface area contributed by atoms with E-state index in [4.69, 9.17) is 12.2 Å². The van der Waals surface area contributed by atoms with E-state index in [1.807, 2.05) is 0 Å². The molecule has 1 aromatic heterocycles. The van der Waals surface area contributed by atoms with Crippen LogP contribution >= 0.6 is 12.2 Å². The highest BCUT2D eigenvalue weighted by molar-refractivity contribution is 7.71. The van der Waals surface area contributed by atoms with Crippen molar-refractivity contribution in [2.24, 2.45) is 0 Å². The van der Waals surface area contributed by atoms with Crippen molar-refractivity contribution >= 4 is 12.2 Å². The zero-order valence-corrected chi connectivity index (χ0v) is 10.5. The number of H-pyrrole nitrogens is 1. The molecule has 1 aromatic carbocycles. The fraction of sp³-hybridized carbons (Fsp3) is 0.273. The lowest BCUT2D eigenvalue weighted by Gasteiger charge is -2.11. The molecule has 0 spiro atoms. The minimum atomic E-state index is -1.01. The number of benzene rings is 1. The largest absolute Gasteiger partial charge is 0.297 e. The Labute approximate surface area is 106 Å². The minimum absolute atomic E-state index is 0.0185. The number of hydrogen-bond acceptors (Lipinski definition) is 2. The average Bonchev–Trinajstić information content (AvgIpc) is 2.58. The van der Waals surface area contributed by atoms with E-state index in [0.717, 1.165) is 0 Å². The fourth-order valence-corrected chi connectivity index (χ4v) is 2.06. The van der Waals surface area contributed by atoms with Gasteiger partial charge in [0.1, 0.15) is 17.5 Å². The standard InChI is InChI=1S/C11H10F3N3S/c1-5(2)17-10(15-16-11(17)18)9-7(13)3-6(12)4-8(9)14/h3-5H,1-2H3,(H,16,18). The molecule has 0 amide bonds. The quantitative estimate of drug-likeness (QED) is 0.848. The van der Waals surface area contributed by atoms with Crippen LogP contribution in [-0.4, -0.2) is 14.8 Å². The lowest BCUT2D eigenvalue weighted by molar-refractivity contribution is 0.540. The zero-order chi connectivity index (χ0) is 13.4. The molecular weight excluding hydrogens is 263 g/mol. The first-order chi connectivity index (χ1) is 8.41. The smallest absolute Gasteiger partial charge is 0.195 e. The van der Waals surface area contributed by atoms with Gasteiger partial charge in [-0.1, -0.05) is 0 Å². The predicted molar refractivity (Wildman–Crippen MR) is 63.1 cm³/mol. The van der Waals surface area contributed by atoms with Gasteiger partial charge in [0.25, 0.3) is 0 Å². The molecule has 2 rings (SSSR count). The van der Waals surface area contributed by atoms with Crippen molar-refractivity contribution in [3.8, 4) is 11.4 Å². The van der Waals surface area contributed by atoms with Gasteiger partial charge >= 0.3 is 0 Å². The SMILES string of the molecule is CC(C)n1c(-c2c(F)cc(F)cc2F)n[nH]c1=S. The molecule has 0 saturated carbocycles. The molecule has 1 N–H and O–H groups in total. The molecule has 18 heavy (non-hydrogen) atoms. The third kappa shape index (κ3) is 2.05. The second-order valence-corrected chi connectivity index (χ2v) is 4.45. The Balaban J connectivity index is 2.74. The van der Waals surface area contributed by atoms with Gasteiger partial charge in [-0.2, -0.15) is 5.10 Å². The molecule has 0 unspecified atom stereocenters. The number of nitrogens with one attached hydrogen (secondary N) is 1. The van der Waals surface area contributed by atoms with Crippen molar-refractivity contribution in [3.63, 3.8) is 0 Å². The molecule has 0 aliphatic carbocycles. The molecular formula is C11H10F3N3S. The summed E-state index contributed by atoms with van der Waals surface area (Å²) in [4.78, 5) is 0. The van der Waals surface area contributed by atoms with Gasteiger partial charge in [0.05, 0.1) is 5.56 Å². The molecule has 1 heterocycles. The van der Waals surface area contributed by atoms with E-state index in [0.29, 0.717) is 12.1 Å². The van der Waals surface area contributed by atoms with Gasteiger partial charge in [-0.05, 0) is 26.1 Å². The van der Waals surface area contributed by atoms with Gasteiger partial charge in [0, 0.05) is 18.2 Å². The average molecular weight is 273 g/mol. The Morgan fingerprint density at radius 1 is 1.22 bits per heavy atom. The van der Waals surface area contributed by atoms with Crippen molar-refractivity contribution in [2.45, 2.75) is 19.9 Å². The second-order valence-electron chi connectivity index (χ2n) is 4.06. The summed E-state index contributed by atoms with van der Waals surface area (Å²) in [5, 5.41) is 6.28. The second kappa shape index (κ2) is 4.56. The summed E-state index contributed by atoms with van der Waals surface area (Å²) < 4.78 is 41.9. The fourth-order valence-electron chi connectivity index (χ4n) is 1.72. The lowest BCUT2D eigenvalue weighted by atomic mass is 10.1. The van der Waals surface area contributed by atoms with Crippen LogP contribution in [0.15, 0.2) is 12.1 Å². The van der Waals surface area contributed by atoms with E-state index in [1.54, 1.807) is 13.8 Å². The van der Waals surface area contributed by atoms with Crippen molar-refractivity contribution in [3.05, 3.63) is 34.4 Å². The summed E-state index contributed by atoms with van der Waals surface area (Å²) in [6.07, 6.45) is 0. The number of hydrogen-bond donors (Lipinski definition) is 1. The number of aromatic nitrogens is 3. The van der Waals surface area contributed by atoms with E-state index < -0.39 is 23.0 Å². The molecule has 3 nitrogen and oxygen atoms in total. The van der Waals surface area contributed by atoms with E-state index in [1.165, 1.54) is 4.57 Å². The molecule has 0 atom stereocenters. The summed E-state index contributed by atoms with van der Waals surface area (Å²) in [6, 6.07) is 1.09. The first-order valence-corrected chi connectivity index (χ1v) is 5.64. The van der Waals surface area contributed by atoms with E-state index in [-0.39, 0.29) is 16.6 Å². The molecule has 0 radical (unpaired) electrons. The number of rotatable bonds is 2. The molecule has 0 aliphatic rings. The molecule has 7 heteroatoms. The highest BCUT2D eigenvalue weighted by Crippen LogP contribution is 2.27. The van der Waals surface area contributed by atoms with Gasteiger partial charge in [0.2, 0.25) is 0 Å². The Morgan fingerprint density at radius 2 is 1.78 bits per heavy atom. The number of aromatic amines is 1. The molecule has 2 aromatic rings. The zero-order valence-electron chi connectivity index (χ0n) is 9.67. The van der Waals surface area contributed by atoms with Crippen LogP contribution in [0.25, 0.3) is 11.4 Å². The van der Waals surface area contributed by atoms with Crippen LogP contribution in [0.3, 0.4) is 0 Å². The summed E-state index contributed by atoms with van der Waals surface area (Å²) in [5.41, 5.74) is -0.391. The van der Waals surface area contributed by atoms with Crippen LogP contribution in [0.4, 0.5) is 13.2 Å². The molecule has 0 aliphatic heterocycles. The molecule has 0 fully saturated rings. The van der Waals surface area contributed by atoms with Crippen molar-refractivity contribution < 1.29 is 13.2 Å². The summed E-state index contributed by atoms with van der Waals surface area (Å²) in [5.74, 6) is -2.98. The molecule has 96 valence electrons. The Bertz CT molecular complexity index is 622. The van der Waals surface area contributed by atoms with Crippen molar-refractivity contribution in [2.75, 3.05) is 0 Å². The third-order valence-electron chi connectivity index (χ3n) is 2.45. The summed E-state index contributed by atoms with van der Waals surface area (Å²) >= 11 is 4.99. The van der Waals surface area contributed by atoms with E-state index >= 15 is 0 Å². The summed E-state index contributed by atoms with van der Waals surface area (Å²) in [6.45, 7) is 3.60. The Morgan fingerprint density at radius 3 is 2.28 bits per heavy atom. The van der Waals surface area contributed by atoms with Crippen LogP contribution in [0.1, 0.15) is 19.9 Å². The maximum Gasteiger partial charge on any atom is 0.195 e. The highest BCUT2D eigenvalue weighted by atomic mass is 32.1. The topological polar surface area (TPSA) is 33.6 Å². The predicted octanol–water partition coefficient (Wildman–Crippen LogP) is 3.61.